The van der Waals surface area contributed by atoms with Crippen molar-refractivity contribution in [2.24, 2.45) is 5.92 Å². The van der Waals surface area contributed by atoms with Gasteiger partial charge >= 0.3 is 0 Å². The van der Waals surface area contributed by atoms with Crippen LogP contribution >= 0.6 is 0 Å². The molecular weight excluding hydrogens is 368 g/mol. The minimum absolute atomic E-state index is 0.0449. The third-order valence-corrected chi connectivity index (χ3v) is 4.91. The molecule has 2 aromatic carbocycles. The summed E-state index contributed by atoms with van der Waals surface area (Å²) in [5, 5.41) is 3.19. The molecule has 0 aromatic heterocycles. The molecule has 0 spiro atoms. The zero-order valence-corrected chi connectivity index (χ0v) is 17.2. The second-order valence-electron chi connectivity index (χ2n) is 7.07. The van der Waals surface area contributed by atoms with Gasteiger partial charge < -0.3 is 24.4 Å². The van der Waals surface area contributed by atoms with Gasteiger partial charge in [0.1, 0.15) is 19.0 Å². The largest absolute Gasteiger partial charge is 0.490 e. The summed E-state index contributed by atoms with van der Waals surface area (Å²) in [7, 11) is 1.95. The number of ether oxygens (including phenoxy) is 3. The smallest absolute Gasteiger partial charge is 0.254 e. The highest BCUT2D eigenvalue weighted by Gasteiger charge is 2.27. The maximum atomic E-state index is 12.9. The molecule has 0 radical (unpaired) electrons. The molecule has 1 aliphatic heterocycles. The molecule has 6 nitrogen and oxygen atoms in total. The lowest BCUT2D eigenvalue weighted by Gasteiger charge is -2.18. The Morgan fingerprint density at radius 1 is 1.07 bits per heavy atom. The number of nitrogens with zero attached hydrogens (tertiary/aromatic N) is 1. The van der Waals surface area contributed by atoms with E-state index < -0.39 is 0 Å². The second kappa shape index (κ2) is 10.7. The molecule has 1 heterocycles. The van der Waals surface area contributed by atoms with Gasteiger partial charge in [-0.2, -0.15) is 0 Å². The van der Waals surface area contributed by atoms with Crippen LogP contribution < -0.4 is 19.5 Å². The van der Waals surface area contributed by atoms with Crippen molar-refractivity contribution >= 4 is 5.91 Å². The molecule has 6 heteroatoms. The van der Waals surface area contributed by atoms with Crippen molar-refractivity contribution in [3.8, 4) is 17.2 Å². The second-order valence-corrected chi connectivity index (χ2v) is 7.07. The average Bonchev–Trinajstić information content (AvgIpc) is 3.21. The molecule has 29 heavy (non-hydrogen) atoms. The molecule has 1 amide bonds. The summed E-state index contributed by atoms with van der Waals surface area (Å²) in [6.45, 7) is 5.76. The van der Waals surface area contributed by atoms with Crippen molar-refractivity contribution in [3.63, 3.8) is 0 Å². The molecular formula is C23H30N2O4. The maximum absolute atomic E-state index is 12.9. The summed E-state index contributed by atoms with van der Waals surface area (Å²) in [6, 6.07) is 15.0. The van der Waals surface area contributed by atoms with Gasteiger partial charge in [-0.3, -0.25) is 4.79 Å². The molecule has 1 atom stereocenters. The Balaban J connectivity index is 1.58. The minimum atomic E-state index is 0.0449. The number of benzene rings is 2. The Labute approximate surface area is 172 Å². The van der Waals surface area contributed by atoms with Gasteiger partial charge in [0.05, 0.1) is 6.61 Å². The zero-order valence-electron chi connectivity index (χ0n) is 17.2. The standard InChI is InChI=1S/C23H30N2O4/c1-3-27-22-15-19(23(26)25-12-11-18(17-25)16-24-2)9-10-21(22)29-14-13-28-20-7-5-4-6-8-20/h4-10,15,18,24H,3,11-14,16-17H2,1-2H3. The van der Waals surface area contributed by atoms with Crippen LogP contribution in [0.15, 0.2) is 48.5 Å². The summed E-state index contributed by atoms with van der Waals surface area (Å²) in [5.74, 6) is 2.58. The van der Waals surface area contributed by atoms with Crippen LogP contribution in [0.2, 0.25) is 0 Å². The van der Waals surface area contributed by atoms with Crippen LogP contribution in [0.4, 0.5) is 0 Å². The third kappa shape index (κ3) is 5.87. The molecule has 0 bridgehead atoms. The van der Waals surface area contributed by atoms with Gasteiger partial charge in [-0.1, -0.05) is 18.2 Å². The van der Waals surface area contributed by atoms with Crippen LogP contribution in [0.3, 0.4) is 0 Å². The van der Waals surface area contributed by atoms with Crippen molar-refractivity contribution in [3.05, 3.63) is 54.1 Å². The van der Waals surface area contributed by atoms with Crippen molar-refractivity contribution in [1.82, 2.24) is 10.2 Å². The number of para-hydroxylation sites is 1. The van der Waals surface area contributed by atoms with Gasteiger partial charge in [-0.05, 0) is 63.2 Å². The Bertz CT molecular complexity index is 782. The Morgan fingerprint density at radius 3 is 2.62 bits per heavy atom. The van der Waals surface area contributed by atoms with Crippen molar-refractivity contribution < 1.29 is 19.0 Å². The highest BCUT2D eigenvalue weighted by molar-refractivity contribution is 5.95. The van der Waals surface area contributed by atoms with Gasteiger partial charge in [0.25, 0.3) is 5.91 Å². The molecule has 0 aliphatic carbocycles. The number of hydrogen-bond donors (Lipinski definition) is 1. The molecule has 1 N–H and O–H groups in total. The van der Waals surface area contributed by atoms with Gasteiger partial charge in [-0.25, -0.2) is 0 Å². The topological polar surface area (TPSA) is 60.0 Å². The number of carbonyl (C=O) groups is 1. The van der Waals surface area contributed by atoms with Gasteiger partial charge in [0.15, 0.2) is 11.5 Å². The SMILES string of the molecule is CCOc1cc(C(=O)N2CCC(CNC)C2)ccc1OCCOc1ccccc1. The molecule has 1 unspecified atom stereocenters. The molecule has 1 aliphatic rings. The van der Waals surface area contributed by atoms with Crippen LogP contribution in [0.5, 0.6) is 17.2 Å². The fourth-order valence-electron chi connectivity index (χ4n) is 3.51. The van der Waals surface area contributed by atoms with E-state index in [2.05, 4.69) is 5.32 Å². The van der Waals surface area contributed by atoms with Crippen LogP contribution in [0.1, 0.15) is 23.7 Å². The molecule has 156 valence electrons. The fourth-order valence-corrected chi connectivity index (χ4v) is 3.51. The summed E-state index contributed by atoms with van der Waals surface area (Å²) in [6.07, 6.45) is 1.04. The monoisotopic (exact) mass is 398 g/mol. The van der Waals surface area contributed by atoms with E-state index >= 15 is 0 Å². The van der Waals surface area contributed by atoms with E-state index in [1.807, 2.05) is 61.3 Å². The Kier molecular flexibility index (Phi) is 7.76. The Hall–Kier alpha value is -2.73. The number of rotatable bonds is 10. The number of carbonyl (C=O) groups excluding carboxylic acids is 1. The molecule has 3 rings (SSSR count). The van der Waals surface area contributed by atoms with E-state index in [1.54, 1.807) is 6.07 Å². The molecule has 2 aromatic rings. The fraction of sp³-hybridized carbons (Fsp3) is 0.435. The maximum Gasteiger partial charge on any atom is 0.254 e. The average molecular weight is 399 g/mol. The zero-order chi connectivity index (χ0) is 20.5. The van der Waals surface area contributed by atoms with E-state index in [4.69, 9.17) is 14.2 Å². The van der Waals surface area contributed by atoms with Crippen LogP contribution in [-0.4, -0.2) is 57.3 Å². The first-order chi connectivity index (χ1) is 14.2. The minimum Gasteiger partial charge on any atom is -0.490 e. The van der Waals surface area contributed by atoms with Crippen LogP contribution in [-0.2, 0) is 0 Å². The molecule has 1 saturated heterocycles. The van der Waals surface area contributed by atoms with Crippen molar-refractivity contribution in [2.75, 3.05) is 46.5 Å². The highest BCUT2D eigenvalue weighted by Crippen LogP contribution is 2.30. The first kappa shape index (κ1) is 21.0. The van der Waals surface area contributed by atoms with Gasteiger partial charge in [0, 0.05) is 18.7 Å². The number of amides is 1. The summed E-state index contributed by atoms with van der Waals surface area (Å²) in [4.78, 5) is 14.8. The number of likely N-dealkylation sites (tertiary alicyclic amines) is 1. The van der Waals surface area contributed by atoms with E-state index in [0.29, 0.717) is 42.8 Å². The first-order valence-corrected chi connectivity index (χ1v) is 10.2. The molecule has 0 saturated carbocycles. The van der Waals surface area contributed by atoms with E-state index in [0.717, 1.165) is 31.8 Å². The normalized spacial score (nSPS) is 15.9. The van der Waals surface area contributed by atoms with E-state index in [1.165, 1.54) is 0 Å². The van der Waals surface area contributed by atoms with E-state index in [9.17, 15) is 4.79 Å². The van der Waals surface area contributed by atoms with Crippen molar-refractivity contribution in [2.45, 2.75) is 13.3 Å². The first-order valence-electron chi connectivity index (χ1n) is 10.2. The summed E-state index contributed by atoms with van der Waals surface area (Å²) < 4.78 is 17.2. The van der Waals surface area contributed by atoms with Crippen LogP contribution in [0, 0.1) is 5.92 Å². The van der Waals surface area contributed by atoms with E-state index in [-0.39, 0.29) is 5.91 Å². The number of nitrogens with one attached hydrogen (secondary N) is 1. The quantitative estimate of drug-likeness (QED) is 0.623. The lowest BCUT2D eigenvalue weighted by Crippen LogP contribution is -2.30. The van der Waals surface area contributed by atoms with Gasteiger partial charge in [-0.15, -0.1) is 0 Å². The highest BCUT2D eigenvalue weighted by atomic mass is 16.5. The third-order valence-electron chi connectivity index (χ3n) is 4.91. The predicted octanol–water partition coefficient (Wildman–Crippen LogP) is 3.22. The Morgan fingerprint density at radius 2 is 1.86 bits per heavy atom. The summed E-state index contributed by atoms with van der Waals surface area (Å²) in [5.41, 5.74) is 0.631. The van der Waals surface area contributed by atoms with Crippen LogP contribution in [0.25, 0.3) is 0 Å². The summed E-state index contributed by atoms with van der Waals surface area (Å²) >= 11 is 0. The number of hydrogen-bond acceptors (Lipinski definition) is 5. The predicted molar refractivity (Wildman–Crippen MR) is 113 cm³/mol. The lowest BCUT2D eigenvalue weighted by atomic mass is 10.1. The van der Waals surface area contributed by atoms with Crippen molar-refractivity contribution in [1.29, 1.82) is 0 Å². The lowest BCUT2D eigenvalue weighted by molar-refractivity contribution is 0.0786. The molecule has 1 fully saturated rings. The van der Waals surface area contributed by atoms with Gasteiger partial charge in [0.2, 0.25) is 0 Å².